The predicted molar refractivity (Wildman–Crippen MR) is 48.8 cm³/mol. The van der Waals surface area contributed by atoms with Crippen molar-refractivity contribution in [3.8, 4) is 0 Å². The van der Waals surface area contributed by atoms with Crippen LogP contribution in [-0.2, 0) is 5.54 Å². The molecule has 1 aromatic heterocycles. The molecule has 0 N–H and O–H groups in total. The van der Waals surface area contributed by atoms with Gasteiger partial charge in [-0.15, -0.1) is 5.10 Å². The molecule has 1 rings (SSSR count). The Morgan fingerprint density at radius 2 is 2.08 bits per heavy atom. The molecule has 0 spiro atoms. The van der Waals surface area contributed by atoms with Crippen LogP contribution in [0, 0.1) is 5.92 Å². The van der Waals surface area contributed by atoms with Crippen molar-refractivity contribution in [1.82, 2.24) is 15.0 Å². The molecule has 68 valence electrons. The van der Waals surface area contributed by atoms with Crippen LogP contribution in [-0.4, -0.2) is 15.0 Å². The lowest BCUT2D eigenvalue weighted by atomic mass is 9.93. The van der Waals surface area contributed by atoms with Crippen LogP contribution in [0.1, 0.15) is 34.1 Å². The van der Waals surface area contributed by atoms with Gasteiger partial charge >= 0.3 is 0 Å². The van der Waals surface area contributed by atoms with E-state index in [0.29, 0.717) is 5.92 Å². The van der Waals surface area contributed by atoms with Crippen molar-refractivity contribution >= 4 is 0 Å². The molecule has 0 unspecified atom stereocenters. The molecule has 0 radical (unpaired) electrons. The summed E-state index contributed by atoms with van der Waals surface area (Å²) in [4.78, 5) is 0. The van der Waals surface area contributed by atoms with Crippen LogP contribution in [0.4, 0.5) is 0 Å². The van der Waals surface area contributed by atoms with E-state index in [4.69, 9.17) is 0 Å². The lowest BCUT2D eigenvalue weighted by Gasteiger charge is -2.26. The van der Waals surface area contributed by atoms with E-state index in [9.17, 15) is 0 Å². The lowest BCUT2D eigenvalue weighted by molar-refractivity contribution is 0.254. The van der Waals surface area contributed by atoms with Crippen LogP contribution in [0.3, 0.4) is 0 Å². The molecule has 0 fully saturated rings. The van der Waals surface area contributed by atoms with E-state index >= 15 is 0 Å². The molecular formula is C9H17N3. The molecule has 0 atom stereocenters. The number of nitrogens with zero attached hydrogens (tertiary/aromatic N) is 3. The zero-order valence-electron chi connectivity index (χ0n) is 8.28. The molecule has 0 aliphatic heterocycles. The van der Waals surface area contributed by atoms with Crippen LogP contribution in [0.2, 0.25) is 0 Å². The van der Waals surface area contributed by atoms with Gasteiger partial charge in [0.2, 0.25) is 0 Å². The standard InChI is InChI=1S/C9H17N3/c1-8(2)7-9(3,4)12-6-5-10-11-12/h5-6,8H,7H2,1-4H3. The van der Waals surface area contributed by atoms with Crippen molar-refractivity contribution in [3.63, 3.8) is 0 Å². The maximum absolute atomic E-state index is 4.01. The Labute approximate surface area is 73.8 Å². The Bertz CT molecular complexity index is 224. The van der Waals surface area contributed by atoms with Gasteiger partial charge in [-0.05, 0) is 26.2 Å². The Morgan fingerprint density at radius 3 is 2.50 bits per heavy atom. The van der Waals surface area contributed by atoms with Crippen LogP contribution >= 0.6 is 0 Å². The third kappa shape index (κ3) is 2.06. The van der Waals surface area contributed by atoms with E-state index < -0.39 is 0 Å². The van der Waals surface area contributed by atoms with Gasteiger partial charge in [0.1, 0.15) is 0 Å². The minimum absolute atomic E-state index is 0.0880. The summed E-state index contributed by atoms with van der Waals surface area (Å²) in [7, 11) is 0. The summed E-state index contributed by atoms with van der Waals surface area (Å²) in [5.74, 6) is 0.684. The summed E-state index contributed by atoms with van der Waals surface area (Å²) in [6.07, 6.45) is 4.76. The first-order chi connectivity index (χ1) is 5.52. The Morgan fingerprint density at radius 1 is 1.42 bits per heavy atom. The van der Waals surface area contributed by atoms with Crippen LogP contribution < -0.4 is 0 Å². The number of hydrogen-bond donors (Lipinski definition) is 0. The normalized spacial score (nSPS) is 12.4. The number of aromatic nitrogens is 3. The molecule has 1 heterocycles. The maximum Gasteiger partial charge on any atom is 0.0693 e. The fraction of sp³-hybridized carbons (Fsp3) is 0.778. The molecule has 0 saturated carbocycles. The first kappa shape index (κ1) is 9.23. The third-order valence-corrected chi connectivity index (χ3v) is 1.95. The Balaban J connectivity index is 2.72. The average molecular weight is 167 g/mol. The fourth-order valence-corrected chi connectivity index (χ4v) is 1.62. The van der Waals surface area contributed by atoms with Gasteiger partial charge in [0.15, 0.2) is 0 Å². The molecule has 0 aromatic carbocycles. The second kappa shape index (κ2) is 3.25. The van der Waals surface area contributed by atoms with Crippen molar-refractivity contribution in [2.75, 3.05) is 0 Å². The first-order valence-corrected chi connectivity index (χ1v) is 4.39. The van der Waals surface area contributed by atoms with E-state index in [2.05, 4.69) is 38.0 Å². The Hall–Kier alpha value is -0.860. The first-order valence-electron chi connectivity index (χ1n) is 4.39. The molecule has 12 heavy (non-hydrogen) atoms. The van der Waals surface area contributed by atoms with Crippen molar-refractivity contribution in [2.24, 2.45) is 5.92 Å². The van der Waals surface area contributed by atoms with Gasteiger partial charge in [-0.25, -0.2) is 4.68 Å². The predicted octanol–water partition coefficient (Wildman–Crippen LogP) is 2.06. The molecule has 0 saturated heterocycles. The zero-order chi connectivity index (χ0) is 9.19. The van der Waals surface area contributed by atoms with Crippen molar-refractivity contribution < 1.29 is 0 Å². The summed E-state index contributed by atoms with van der Waals surface area (Å²) < 4.78 is 1.92. The summed E-state index contributed by atoms with van der Waals surface area (Å²) in [6, 6.07) is 0. The van der Waals surface area contributed by atoms with Gasteiger partial charge < -0.3 is 0 Å². The summed E-state index contributed by atoms with van der Waals surface area (Å²) in [6.45, 7) is 8.81. The highest BCUT2D eigenvalue weighted by Crippen LogP contribution is 2.22. The molecular weight excluding hydrogens is 150 g/mol. The molecule has 0 bridgehead atoms. The highest BCUT2D eigenvalue weighted by Gasteiger charge is 2.21. The van der Waals surface area contributed by atoms with Gasteiger partial charge in [0.25, 0.3) is 0 Å². The van der Waals surface area contributed by atoms with Gasteiger partial charge in [-0.3, -0.25) is 0 Å². The molecule has 0 amide bonds. The highest BCUT2D eigenvalue weighted by molar-refractivity contribution is 4.80. The summed E-state index contributed by atoms with van der Waals surface area (Å²) in [5, 5.41) is 7.82. The zero-order valence-corrected chi connectivity index (χ0v) is 8.28. The van der Waals surface area contributed by atoms with Gasteiger partial charge in [0, 0.05) is 6.20 Å². The molecule has 1 aromatic rings. The molecule has 0 aliphatic rings. The molecule has 3 nitrogen and oxygen atoms in total. The summed E-state index contributed by atoms with van der Waals surface area (Å²) >= 11 is 0. The van der Waals surface area contributed by atoms with Crippen molar-refractivity contribution in [3.05, 3.63) is 12.4 Å². The highest BCUT2D eigenvalue weighted by atomic mass is 15.4. The van der Waals surface area contributed by atoms with Crippen LogP contribution in [0.5, 0.6) is 0 Å². The fourth-order valence-electron chi connectivity index (χ4n) is 1.62. The van der Waals surface area contributed by atoms with Crippen LogP contribution in [0.15, 0.2) is 12.4 Å². The van der Waals surface area contributed by atoms with E-state index in [1.54, 1.807) is 6.20 Å². The topological polar surface area (TPSA) is 30.7 Å². The monoisotopic (exact) mass is 167 g/mol. The lowest BCUT2D eigenvalue weighted by Crippen LogP contribution is -2.28. The van der Waals surface area contributed by atoms with E-state index in [1.807, 2.05) is 10.9 Å². The minimum atomic E-state index is 0.0880. The molecule has 3 heteroatoms. The van der Waals surface area contributed by atoms with E-state index in [0.717, 1.165) is 6.42 Å². The smallest absolute Gasteiger partial charge is 0.0693 e. The quantitative estimate of drug-likeness (QED) is 0.690. The van der Waals surface area contributed by atoms with Crippen molar-refractivity contribution in [2.45, 2.75) is 39.7 Å². The summed E-state index contributed by atoms with van der Waals surface area (Å²) in [5.41, 5.74) is 0.0880. The van der Waals surface area contributed by atoms with E-state index in [-0.39, 0.29) is 5.54 Å². The van der Waals surface area contributed by atoms with Gasteiger partial charge in [-0.2, -0.15) is 0 Å². The Kier molecular flexibility index (Phi) is 2.50. The minimum Gasteiger partial charge on any atom is -0.247 e. The third-order valence-electron chi connectivity index (χ3n) is 1.95. The second-order valence-electron chi connectivity index (χ2n) is 4.26. The van der Waals surface area contributed by atoms with E-state index in [1.165, 1.54) is 0 Å². The molecule has 0 aliphatic carbocycles. The maximum atomic E-state index is 4.01. The largest absolute Gasteiger partial charge is 0.247 e. The SMILES string of the molecule is CC(C)CC(C)(C)n1ccnn1. The number of rotatable bonds is 3. The average Bonchev–Trinajstić information content (AvgIpc) is 2.32. The van der Waals surface area contributed by atoms with Crippen LogP contribution in [0.25, 0.3) is 0 Å². The number of hydrogen-bond acceptors (Lipinski definition) is 2. The van der Waals surface area contributed by atoms with Gasteiger partial charge in [0.05, 0.1) is 11.7 Å². The van der Waals surface area contributed by atoms with Crippen molar-refractivity contribution in [1.29, 1.82) is 0 Å². The van der Waals surface area contributed by atoms with Gasteiger partial charge in [-0.1, -0.05) is 19.1 Å². The second-order valence-corrected chi connectivity index (χ2v) is 4.26.